The molecule has 1 aliphatic heterocycles. The van der Waals surface area contributed by atoms with E-state index in [2.05, 4.69) is 26.0 Å². The fourth-order valence-corrected chi connectivity index (χ4v) is 3.14. The molecule has 1 aliphatic rings. The topological polar surface area (TPSA) is 38.3 Å². The van der Waals surface area contributed by atoms with Gasteiger partial charge in [0, 0.05) is 0 Å². The lowest BCUT2D eigenvalue weighted by atomic mass is 10.1. The summed E-state index contributed by atoms with van der Waals surface area (Å²) >= 11 is 0. The van der Waals surface area contributed by atoms with Gasteiger partial charge in [-0.05, 0) is 31.0 Å². The molecule has 0 amide bonds. The molecule has 1 atom stereocenters. The van der Waals surface area contributed by atoms with Gasteiger partial charge in [-0.1, -0.05) is 25.5 Å². The van der Waals surface area contributed by atoms with Crippen LogP contribution < -0.4 is 14.5 Å². The number of rotatable bonds is 8. The van der Waals surface area contributed by atoms with Crippen LogP contribution in [0.1, 0.15) is 25.8 Å². The molecule has 0 aromatic heterocycles. The largest absolute Gasteiger partial charge is 0.491 e. The summed E-state index contributed by atoms with van der Waals surface area (Å²) in [6.07, 6.45) is 1.89. The molecule has 1 aromatic carbocycles. The fourth-order valence-electron chi connectivity index (χ4n) is 3.14. The number of aryl methyl sites for hydroxylation is 1. The maximum Gasteiger partial charge on any atom is 0.137 e. The molecular formula is C18H32N2O2+2. The fraction of sp³-hybridized carbons (Fsp3) is 0.667. The Morgan fingerprint density at radius 1 is 1.05 bits per heavy atom. The van der Waals surface area contributed by atoms with Crippen LogP contribution in [0.2, 0.25) is 0 Å². The molecule has 0 spiro atoms. The molecule has 4 heteroatoms. The van der Waals surface area contributed by atoms with Crippen molar-refractivity contribution in [2.45, 2.75) is 32.8 Å². The van der Waals surface area contributed by atoms with Crippen molar-refractivity contribution in [3.05, 3.63) is 29.8 Å². The zero-order valence-corrected chi connectivity index (χ0v) is 14.1. The van der Waals surface area contributed by atoms with E-state index in [0.717, 1.165) is 38.2 Å². The van der Waals surface area contributed by atoms with Gasteiger partial charge in [-0.3, -0.25) is 0 Å². The maximum atomic E-state index is 10.2. The van der Waals surface area contributed by atoms with E-state index < -0.39 is 0 Å². The summed E-state index contributed by atoms with van der Waals surface area (Å²) in [5, 5.41) is 10.2. The number of ether oxygens (including phenoxy) is 1. The molecule has 1 heterocycles. The molecule has 2 rings (SSSR count). The highest BCUT2D eigenvalue weighted by atomic mass is 16.5. The molecule has 4 nitrogen and oxygen atoms in total. The van der Waals surface area contributed by atoms with Crippen LogP contribution in [0.4, 0.5) is 0 Å². The molecule has 1 aromatic rings. The van der Waals surface area contributed by atoms with Crippen LogP contribution in [0.25, 0.3) is 0 Å². The Labute approximate surface area is 134 Å². The predicted molar refractivity (Wildman–Crippen MR) is 88.7 cm³/mol. The molecule has 1 fully saturated rings. The molecule has 0 aliphatic carbocycles. The summed E-state index contributed by atoms with van der Waals surface area (Å²) in [5.41, 5.74) is 1.34. The summed E-state index contributed by atoms with van der Waals surface area (Å²) in [4.78, 5) is 3.19. The SMILES string of the molecule is CCCc1ccc(OCC(O)C[NH+]2CC[NH+](CC)CC2)cc1. The molecule has 0 radical (unpaired) electrons. The lowest BCUT2D eigenvalue weighted by molar-refractivity contribution is -1.01. The first-order chi connectivity index (χ1) is 10.7. The standard InChI is InChI=1S/C18H30N2O2/c1-3-5-16-6-8-18(9-7-16)22-15-17(21)14-20-12-10-19(4-2)11-13-20/h6-9,17,21H,3-5,10-15H2,1-2H3/p+2. The molecule has 1 unspecified atom stereocenters. The number of aliphatic hydroxyl groups is 1. The third-order valence-corrected chi connectivity index (χ3v) is 4.59. The van der Waals surface area contributed by atoms with Gasteiger partial charge < -0.3 is 19.6 Å². The number of hydrogen-bond acceptors (Lipinski definition) is 2. The predicted octanol–water partition coefficient (Wildman–Crippen LogP) is -0.818. The summed E-state index contributed by atoms with van der Waals surface area (Å²) < 4.78 is 5.72. The summed E-state index contributed by atoms with van der Waals surface area (Å²) in [6.45, 7) is 11.6. The van der Waals surface area contributed by atoms with E-state index in [0.29, 0.717) is 6.61 Å². The minimum absolute atomic E-state index is 0.381. The molecule has 1 saturated heterocycles. The van der Waals surface area contributed by atoms with Gasteiger partial charge in [0.2, 0.25) is 0 Å². The van der Waals surface area contributed by atoms with E-state index in [9.17, 15) is 5.11 Å². The Balaban J connectivity index is 1.68. The lowest BCUT2D eigenvalue weighted by Crippen LogP contribution is -3.28. The van der Waals surface area contributed by atoms with Crippen LogP contribution in [0.3, 0.4) is 0 Å². The minimum atomic E-state index is -0.381. The van der Waals surface area contributed by atoms with E-state index in [-0.39, 0.29) is 6.10 Å². The van der Waals surface area contributed by atoms with Gasteiger partial charge in [-0.25, -0.2) is 0 Å². The van der Waals surface area contributed by atoms with E-state index in [1.165, 1.54) is 30.1 Å². The van der Waals surface area contributed by atoms with E-state index in [4.69, 9.17) is 4.74 Å². The van der Waals surface area contributed by atoms with Crippen molar-refractivity contribution in [1.82, 2.24) is 0 Å². The Kier molecular flexibility index (Phi) is 7.16. The van der Waals surface area contributed by atoms with Crippen molar-refractivity contribution < 1.29 is 19.6 Å². The molecule has 0 bridgehead atoms. The molecule has 3 N–H and O–H groups in total. The van der Waals surface area contributed by atoms with Crippen molar-refractivity contribution >= 4 is 0 Å². The molecule has 0 saturated carbocycles. The summed E-state index contributed by atoms with van der Waals surface area (Å²) in [7, 11) is 0. The van der Waals surface area contributed by atoms with Gasteiger partial charge in [-0.2, -0.15) is 0 Å². The Morgan fingerprint density at radius 3 is 2.27 bits per heavy atom. The number of piperazine rings is 1. The first kappa shape index (κ1) is 17.3. The van der Waals surface area contributed by atoms with Crippen LogP contribution in [-0.4, -0.2) is 57.1 Å². The monoisotopic (exact) mass is 308 g/mol. The number of likely N-dealkylation sites (N-methyl/N-ethyl adjacent to an activating group) is 1. The second-order valence-corrected chi connectivity index (χ2v) is 6.42. The highest BCUT2D eigenvalue weighted by Gasteiger charge is 2.23. The molecule has 22 heavy (non-hydrogen) atoms. The Bertz CT molecular complexity index is 414. The van der Waals surface area contributed by atoms with Crippen LogP contribution >= 0.6 is 0 Å². The highest BCUT2D eigenvalue weighted by Crippen LogP contribution is 2.13. The first-order valence-electron chi connectivity index (χ1n) is 8.78. The highest BCUT2D eigenvalue weighted by molar-refractivity contribution is 5.27. The lowest BCUT2D eigenvalue weighted by Gasteiger charge is -2.30. The van der Waals surface area contributed by atoms with Crippen molar-refractivity contribution in [2.75, 3.05) is 45.9 Å². The maximum absolute atomic E-state index is 10.2. The van der Waals surface area contributed by atoms with Crippen LogP contribution in [0.15, 0.2) is 24.3 Å². The van der Waals surface area contributed by atoms with Gasteiger partial charge in [0.1, 0.15) is 51.2 Å². The van der Waals surface area contributed by atoms with E-state index in [1.54, 1.807) is 4.90 Å². The summed E-state index contributed by atoms with van der Waals surface area (Å²) in [6, 6.07) is 8.24. The summed E-state index contributed by atoms with van der Waals surface area (Å²) in [5.74, 6) is 0.856. The Morgan fingerprint density at radius 2 is 1.68 bits per heavy atom. The van der Waals surface area contributed by atoms with Crippen LogP contribution in [-0.2, 0) is 6.42 Å². The van der Waals surface area contributed by atoms with Gasteiger partial charge in [0.05, 0.1) is 6.54 Å². The van der Waals surface area contributed by atoms with Gasteiger partial charge in [0.25, 0.3) is 0 Å². The zero-order chi connectivity index (χ0) is 15.8. The second-order valence-electron chi connectivity index (χ2n) is 6.42. The third kappa shape index (κ3) is 5.59. The molecule has 124 valence electrons. The first-order valence-corrected chi connectivity index (χ1v) is 8.78. The number of aliphatic hydroxyl groups excluding tert-OH is 1. The van der Waals surface area contributed by atoms with Crippen molar-refractivity contribution in [2.24, 2.45) is 0 Å². The average molecular weight is 308 g/mol. The third-order valence-electron chi connectivity index (χ3n) is 4.59. The van der Waals surface area contributed by atoms with Gasteiger partial charge in [-0.15, -0.1) is 0 Å². The quantitative estimate of drug-likeness (QED) is 0.587. The van der Waals surface area contributed by atoms with Crippen LogP contribution in [0.5, 0.6) is 5.75 Å². The van der Waals surface area contributed by atoms with Crippen molar-refractivity contribution in [3.63, 3.8) is 0 Å². The normalized spacial score (nSPS) is 23.2. The number of benzene rings is 1. The minimum Gasteiger partial charge on any atom is -0.491 e. The van der Waals surface area contributed by atoms with Gasteiger partial charge >= 0.3 is 0 Å². The smallest absolute Gasteiger partial charge is 0.137 e. The second kappa shape index (κ2) is 9.13. The number of nitrogens with one attached hydrogen (secondary N) is 2. The number of hydrogen-bond donors (Lipinski definition) is 3. The zero-order valence-electron chi connectivity index (χ0n) is 14.1. The average Bonchev–Trinajstić information content (AvgIpc) is 2.55. The van der Waals surface area contributed by atoms with Crippen LogP contribution in [0, 0.1) is 0 Å². The Hall–Kier alpha value is -1.10. The molecular weight excluding hydrogens is 276 g/mol. The van der Waals surface area contributed by atoms with Crippen molar-refractivity contribution in [1.29, 1.82) is 0 Å². The van der Waals surface area contributed by atoms with Gasteiger partial charge in [0.15, 0.2) is 0 Å². The number of quaternary nitrogens is 2. The van der Waals surface area contributed by atoms with E-state index in [1.807, 2.05) is 12.1 Å². The van der Waals surface area contributed by atoms with Crippen molar-refractivity contribution in [3.8, 4) is 5.75 Å². The van der Waals surface area contributed by atoms with E-state index >= 15 is 0 Å².